The van der Waals surface area contributed by atoms with Crippen LogP contribution in [0.4, 0.5) is 20.6 Å². The standard InChI is InChI=1S/C24H32FN5O2/c1-16(2)26-24(32)28-20-7-5-6-18(14-20)23(31)27-17(3)21-15-19(25)8-9-22(21)30-12-10-29(4)11-13-30/h5-9,14-17H,10-13H2,1-4H3,(H,27,31)(H2,26,28,32). The third-order valence-electron chi connectivity index (χ3n) is 5.45. The van der Waals surface area contributed by atoms with Crippen molar-refractivity contribution in [2.75, 3.05) is 43.4 Å². The number of carbonyl (C=O) groups excluding carboxylic acids is 2. The van der Waals surface area contributed by atoms with Gasteiger partial charge >= 0.3 is 6.03 Å². The molecule has 1 atom stereocenters. The Bertz CT molecular complexity index is 957. The molecule has 1 fully saturated rings. The summed E-state index contributed by atoms with van der Waals surface area (Å²) in [7, 11) is 2.08. The Kier molecular flexibility index (Phi) is 7.69. The van der Waals surface area contributed by atoms with Gasteiger partial charge in [-0.25, -0.2) is 9.18 Å². The topological polar surface area (TPSA) is 76.7 Å². The molecule has 0 radical (unpaired) electrons. The molecule has 2 aromatic rings. The molecule has 8 heteroatoms. The second-order valence-corrected chi connectivity index (χ2v) is 8.52. The number of benzene rings is 2. The highest BCUT2D eigenvalue weighted by Crippen LogP contribution is 2.28. The Morgan fingerprint density at radius 3 is 2.38 bits per heavy atom. The van der Waals surface area contributed by atoms with E-state index in [4.69, 9.17) is 0 Å². The van der Waals surface area contributed by atoms with Gasteiger partial charge in [-0.3, -0.25) is 4.79 Å². The van der Waals surface area contributed by atoms with Gasteiger partial charge in [-0.05, 0) is 64.2 Å². The Morgan fingerprint density at radius 1 is 0.969 bits per heavy atom. The van der Waals surface area contributed by atoms with Crippen molar-refractivity contribution < 1.29 is 14.0 Å². The number of hydrogen-bond acceptors (Lipinski definition) is 4. The molecule has 7 nitrogen and oxygen atoms in total. The summed E-state index contributed by atoms with van der Waals surface area (Å²) in [5, 5.41) is 8.44. The van der Waals surface area contributed by atoms with Crippen molar-refractivity contribution in [3.8, 4) is 0 Å². The van der Waals surface area contributed by atoms with Crippen LogP contribution in [0.5, 0.6) is 0 Å². The molecule has 1 saturated heterocycles. The van der Waals surface area contributed by atoms with E-state index in [9.17, 15) is 14.0 Å². The molecule has 0 aliphatic carbocycles. The molecule has 3 rings (SSSR count). The minimum absolute atomic E-state index is 0.00287. The number of hydrogen-bond donors (Lipinski definition) is 3. The lowest BCUT2D eigenvalue weighted by molar-refractivity contribution is 0.0940. The predicted octanol–water partition coefficient (Wildman–Crippen LogP) is 3.60. The van der Waals surface area contributed by atoms with Gasteiger partial charge in [-0.15, -0.1) is 0 Å². The smallest absolute Gasteiger partial charge is 0.319 e. The van der Waals surface area contributed by atoms with Crippen LogP contribution in [-0.4, -0.2) is 56.1 Å². The summed E-state index contributed by atoms with van der Waals surface area (Å²) < 4.78 is 14.1. The largest absolute Gasteiger partial charge is 0.369 e. The van der Waals surface area contributed by atoms with Crippen LogP contribution in [0.25, 0.3) is 0 Å². The van der Waals surface area contributed by atoms with Crippen LogP contribution < -0.4 is 20.9 Å². The van der Waals surface area contributed by atoms with Crippen LogP contribution in [0.1, 0.15) is 42.7 Å². The van der Waals surface area contributed by atoms with Gasteiger partial charge in [0.1, 0.15) is 5.82 Å². The van der Waals surface area contributed by atoms with Gasteiger partial charge in [0.05, 0.1) is 6.04 Å². The van der Waals surface area contributed by atoms with Crippen molar-refractivity contribution in [1.82, 2.24) is 15.5 Å². The zero-order chi connectivity index (χ0) is 23.3. The lowest BCUT2D eigenvalue weighted by Crippen LogP contribution is -2.45. The molecule has 1 unspecified atom stereocenters. The number of anilines is 2. The molecule has 3 amide bonds. The lowest BCUT2D eigenvalue weighted by atomic mass is 10.0. The third kappa shape index (κ3) is 6.20. The van der Waals surface area contributed by atoms with E-state index in [-0.39, 0.29) is 23.8 Å². The van der Waals surface area contributed by atoms with Crippen molar-refractivity contribution in [2.45, 2.75) is 32.9 Å². The van der Waals surface area contributed by atoms with E-state index in [2.05, 4.69) is 32.8 Å². The summed E-state index contributed by atoms with van der Waals surface area (Å²) in [5.74, 6) is -0.625. The second-order valence-electron chi connectivity index (χ2n) is 8.52. The average Bonchev–Trinajstić information content (AvgIpc) is 2.74. The minimum Gasteiger partial charge on any atom is -0.369 e. The van der Waals surface area contributed by atoms with E-state index in [1.165, 1.54) is 12.1 Å². The average molecular weight is 442 g/mol. The van der Waals surface area contributed by atoms with Crippen LogP contribution in [-0.2, 0) is 0 Å². The number of piperazine rings is 1. The maximum Gasteiger partial charge on any atom is 0.319 e. The van der Waals surface area contributed by atoms with E-state index in [1.807, 2.05) is 20.8 Å². The lowest BCUT2D eigenvalue weighted by Gasteiger charge is -2.36. The minimum atomic E-state index is -0.395. The fourth-order valence-corrected chi connectivity index (χ4v) is 3.73. The zero-order valence-electron chi connectivity index (χ0n) is 19.1. The van der Waals surface area contributed by atoms with E-state index < -0.39 is 6.04 Å². The molecular weight excluding hydrogens is 409 g/mol. The molecule has 1 aliphatic rings. The number of nitrogens with one attached hydrogen (secondary N) is 3. The van der Waals surface area contributed by atoms with Gasteiger partial charge in [-0.2, -0.15) is 0 Å². The predicted molar refractivity (Wildman–Crippen MR) is 126 cm³/mol. The molecule has 0 spiro atoms. The van der Waals surface area contributed by atoms with Crippen molar-refractivity contribution in [1.29, 1.82) is 0 Å². The maximum absolute atomic E-state index is 14.1. The van der Waals surface area contributed by atoms with Gasteiger partial charge in [0.2, 0.25) is 0 Å². The molecule has 0 bridgehead atoms. The SMILES string of the molecule is CC(C)NC(=O)Nc1cccc(C(=O)NC(C)c2cc(F)ccc2N2CCN(C)CC2)c1. The van der Waals surface area contributed by atoms with E-state index in [0.29, 0.717) is 11.3 Å². The van der Waals surface area contributed by atoms with E-state index in [1.54, 1.807) is 30.3 Å². The number of urea groups is 1. The monoisotopic (exact) mass is 441 g/mol. The summed E-state index contributed by atoms with van der Waals surface area (Å²) in [6, 6.07) is 10.8. The summed E-state index contributed by atoms with van der Waals surface area (Å²) in [6.07, 6.45) is 0. The molecule has 1 aliphatic heterocycles. The third-order valence-corrected chi connectivity index (χ3v) is 5.45. The van der Waals surface area contributed by atoms with Crippen LogP contribution >= 0.6 is 0 Å². The van der Waals surface area contributed by atoms with Gasteiger partial charge in [0, 0.05) is 54.7 Å². The maximum atomic E-state index is 14.1. The van der Waals surface area contributed by atoms with E-state index >= 15 is 0 Å². The number of rotatable bonds is 6. The molecule has 32 heavy (non-hydrogen) atoms. The number of halogens is 1. The molecule has 1 heterocycles. The first kappa shape index (κ1) is 23.5. The van der Waals surface area contributed by atoms with E-state index in [0.717, 1.165) is 37.4 Å². The highest BCUT2D eigenvalue weighted by Gasteiger charge is 2.21. The Morgan fingerprint density at radius 2 is 1.69 bits per heavy atom. The van der Waals surface area contributed by atoms with Crippen molar-refractivity contribution in [3.63, 3.8) is 0 Å². The Labute approximate surface area is 189 Å². The van der Waals surface area contributed by atoms with Crippen LogP contribution in [0.2, 0.25) is 0 Å². The normalized spacial score (nSPS) is 15.4. The van der Waals surface area contributed by atoms with Crippen molar-refractivity contribution >= 4 is 23.3 Å². The van der Waals surface area contributed by atoms with Crippen molar-refractivity contribution in [2.24, 2.45) is 0 Å². The zero-order valence-corrected chi connectivity index (χ0v) is 19.1. The highest BCUT2D eigenvalue weighted by atomic mass is 19.1. The molecular formula is C24H32FN5O2. The first-order chi connectivity index (χ1) is 15.2. The molecule has 172 valence electrons. The number of carbonyl (C=O) groups is 2. The summed E-state index contributed by atoms with van der Waals surface area (Å²) in [5.41, 5.74) is 2.62. The number of likely N-dealkylation sites (N-methyl/N-ethyl adjacent to an activating group) is 1. The number of nitrogens with zero attached hydrogens (tertiary/aromatic N) is 2. The Hall–Kier alpha value is -3.13. The second kappa shape index (κ2) is 10.5. The number of amides is 3. The van der Waals surface area contributed by atoms with Crippen LogP contribution in [0.3, 0.4) is 0 Å². The molecule has 0 saturated carbocycles. The summed E-state index contributed by atoms with van der Waals surface area (Å²) in [4.78, 5) is 29.3. The van der Waals surface area contributed by atoms with Crippen molar-refractivity contribution in [3.05, 3.63) is 59.4 Å². The Balaban J connectivity index is 1.73. The van der Waals surface area contributed by atoms with Crippen LogP contribution in [0.15, 0.2) is 42.5 Å². The fraction of sp³-hybridized carbons (Fsp3) is 0.417. The quantitative estimate of drug-likeness (QED) is 0.640. The molecule has 3 N–H and O–H groups in total. The molecule has 2 aromatic carbocycles. The highest BCUT2D eigenvalue weighted by molar-refractivity contribution is 5.97. The van der Waals surface area contributed by atoms with Gasteiger partial charge in [-0.1, -0.05) is 6.07 Å². The van der Waals surface area contributed by atoms with Gasteiger partial charge in [0.25, 0.3) is 5.91 Å². The first-order valence-corrected chi connectivity index (χ1v) is 10.9. The first-order valence-electron chi connectivity index (χ1n) is 10.9. The summed E-state index contributed by atoms with van der Waals surface area (Å²) in [6.45, 7) is 9.15. The van der Waals surface area contributed by atoms with Gasteiger partial charge < -0.3 is 25.8 Å². The van der Waals surface area contributed by atoms with Crippen LogP contribution in [0, 0.1) is 5.82 Å². The summed E-state index contributed by atoms with van der Waals surface area (Å²) >= 11 is 0. The fourth-order valence-electron chi connectivity index (χ4n) is 3.73. The van der Waals surface area contributed by atoms with Gasteiger partial charge in [0.15, 0.2) is 0 Å². The molecule has 0 aromatic heterocycles.